The normalized spacial score (nSPS) is 13.8. The second-order valence-electron chi connectivity index (χ2n) is 4.44. The molecule has 0 aliphatic rings. The van der Waals surface area contributed by atoms with E-state index in [0.717, 1.165) is 13.8 Å². The summed E-state index contributed by atoms with van der Waals surface area (Å²) in [5, 5.41) is 0. The van der Waals surface area contributed by atoms with Crippen LogP contribution in [-0.2, 0) is 11.8 Å². The van der Waals surface area contributed by atoms with Crippen LogP contribution in [0.5, 0.6) is 0 Å². The van der Waals surface area contributed by atoms with Gasteiger partial charge in [-0.3, -0.25) is 0 Å². The van der Waals surface area contributed by atoms with Gasteiger partial charge in [-0.05, 0) is 37.1 Å². The zero-order chi connectivity index (χ0) is 15.2. The van der Waals surface area contributed by atoms with E-state index in [-0.39, 0.29) is 5.56 Å². The minimum absolute atomic E-state index is 0.308. The van der Waals surface area contributed by atoms with Gasteiger partial charge in [0.05, 0.1) is 0 Å². The van der Waals surface area contributed by atoms with Gasteiger partial charge in [0.25, 0.3) is 5.92 Å². The largest absolute Gasteiger partial charge is 0.458 e. The Kier molecular flexibility index (Phi) is 3.64. The maximum atomic E-state index is 13.2. The molecule has 0 fully saturated rings. The van der Waals surface area contributed by atoms with E-state index >= 15 is 0 Å². The average molecular weight is 288 g/mol. The molecule has 0 N–H and O–H groups in total. The van der Waals surface area contributed by atoms with E-state index in [1.54, 1.807) is 0 Å². The minimum atomic E-state index is -5.76. The Labute approximate surface area is 105 Å². The van der Waals surface area contributed by atoms with Gasteiger partial charge in [-0.25, -0.2) is 8.78 Å². The van der Waals surface area contributed by atoms with E-state index in [4.69, 9.17) is 0 Å². The highest BCUT2D eigenvalue weighted by Crippen LogP contribution is 2.46. The summed E-state index contributed by atoms with van der Waals surface area (Å²) >= 11 is 0. The SMILES string of the molecule is Cc1cc(C(F)(F)C(F)(F)F)c(C)cc1C(C)(F)F. The van der Waals surface area contributed by atoms with Crippen molar-refractivity contribution in [1.29, 1.82) is 0 Å². The van der Waals surface area contributed by atoms with Gasteiger partial charge >= 0.3 is 12.1 Å². The van der Waals surface area contributed by atoms with Crippen LogP contribution in [0.3, 0.4) is 0 Å². The average Bonchev–Trinajstić information content (AvgIpc) is 2.17. The van der Waals surface area contributed by atoms with Crippen LogP contribution in [0.15, 0.2) is 12.1 Å². The fourth-order valence-corrected chi connectivity index (χ4v) is 1.78. The van der Waals surface area contributed by atoms with Gasteiger partial charge in [-0.2, -0.15) is 22.0 Å². The Hall–Kier alpha value is -1.27. The monoisotopic (exact) mass is 288 g/mol. The highest BCUT2D eigenvalue weighted by molar-refractivity contribution is 5.41. The summed E-state index contributed by atoms with van der Waals surface area (Å²) in [5.41, 5.74) is -2.70. The van der Waals surface area contributed by atoms with E-state index in [1.165, 1.54) is 0 Å². The number of hydrogen-bond donors (Lipinski definition) is 0. The number of hydrogen-bond acceptors (Lipinski definition) is 0. The lowest BCUT2D eigenvalue weighted by molar-refractivity contribution is -0.289. The third-order valence-electron chi connectivity index (χ3n) is 2.74. The molecule has 7 heteroatoms. The summed E-state index contributed by atoms with van der Waals surface area (Å²) in [5.74, 6) is -8.37. The first-order valence-corrected chi connectivity index (χ1v) is 5.23. The molecule has 108 valence electrons. The smallest absolute Gasteiger partial charge is 0.202 e. The summed E-state index contributed by atoms with van der Waals surface area (Å²) in [6.45, 7) is 2.57. The second kappa shape index (κ2) is 4.38. The molecule has 0 atom stereocenters. The van der Waals surface area contributed by atoms with Gasteiger partial charge in [0.1, 0.15) is 0 Å². The van der Waals surface area contributed by atoms with Gasteiger partial charge in [0.2, 0.25) is 0 Å². The van der Waals surface area contributed by atoms with Crippen LogP contribution in [0, 0.1) is 13.8 Å². The maximum absolute atomic E-state index is 13.2. The van der Waals surface area contributed by atoms with Crippen molar-refractivity contribution in [3.05, 3.63) is 34.4 Å². The topological polar surface area (TPSA) is 0 Å². The molecule has 1 rings (SSSR count). The lowest BCUT2D eigenvalue weighted by Gasteiger charge is -2.24. The lowest BCUT2D eigenvalue weighted by atomic mass is 9.93. The van der Waals surface area contributed by atoms with Crippen molar-refractivity contribution in [2.75, 3.05) is 0 Å². The first-order chi connectivity index (χ1) is 8.28. The molecule has 0 heterocycles. The predicted molar refractivity (Wildman–Crippen MR) is 55.4 cm³/mol. The van der Waals surface area contributed by atoms with Crippen molar-refractivity contribution in [3.63, 3.8) is 0 Å². The third kappa shape index (κ3) is 2.84. The first-order valence-electron chi connectivity index (χ1n) is 5.23. The van der Waals surface area contributed by atoms with E-state index in [2.05, 4.69) is 0 Å². The van der Waals surface area contributed by atoms with E-state index in [1.807, 2.05) is 0 Å². The highest BCUT2D eigenvalue weighted by atomic mass is 19.4. The Morgan fingerprint density at radius 2 is 1.11 bits per heavy atom. The van der Waals surface area contributed by atoms with Gasteiger partial charge in [-0.15, -0.1) is 0 Å². The van der Waals surface area contributed by atoms with Crippen LogP contribution < -0.4 is 0 Å². The first kappa shape index (κ1) is 15.8. The van der Waals surface area contributed by atoms with Gasteiger partial charge < -0.3 is 0 Å². The van der Waals surface area contributed by atoms with Crippen LogP contribution in [-0.4, -0.2) is 6.18 Å². The van der Waals surface area contributed by atoms with Gasteiger partial charge in [-0.1, -0.05) is 0 Å². The molecule has 1 aromatic rings. The molecule has 0 radical (unpaired) electrons. The molecule has 0 spiro atoms. The van der Waals surface area contributed by atoms with Gasteiger partial charge in [0.15, 0.2) is 0 Å². The predicted octanol–water partition coefficient (Wildman–Crippen LogP) is 5.07. The van der Waals surface area contributed by atoms with Crippen molar-refractivity contribution in [3.8, 4) is 0 Å². The van der Waals surface area contributed by atoms with Crippen molar-refractivity contribution >= 4 is 0 Å². The fourth-order valence-electron chi connectivity index (χ4n) is 1.78. The van der Waals surface area contributed by atoms with Crippen molar-refractivity contribution in [2.45, 2.75) is 38.8 Å². The molecule has 0 aromatic heterocycles. The number of aryl methyl sites for hydroxylation is 2. The van der Waals surface area contributed by atoms with Crippen molar-refractivity contribution in [2.24, 2.45) is 0 Å². The number of alkyl halides is 7. The Bertz CT molecular complexity index is 480. The maximum Gasteiger partial charge on any atom is 0.458 e. The van der Waals surface area contributed by atoms with Crippen LogP contribution in [0.2, 0.25) is 0 Å². The fraction of sp³-hybridized carbons (Fsp3) is 0.500. The Morgan fingerprint density at radius 1 is 0.737 bits per heavy atom. The van der Waals surface area contributed by atoms with E-state index < -0.39 is 34.7 Å². The quantitative estimate of drug-likeness (QED) is 0.666. The molecule has 0 aliphatic carbocycles. The van der Waals surface area contributed by atoms with E-state index in [9.17, 15) is 30.7 Å². The molecule has 0 amide bonds. The van der Waals surface area contributed by atoms with Crippen LogP contribution in [0.25, 0.3) is 0 Å². The van der Waals surface area contributed by atoms with Crippen molar-refractivity contribution in [1.82, 2.24) is 0 Å². The van der Waals surface area contributed by atoms with Crippen LogP contribution in [0.4, 0.5) is 30.7 Å². The highest BCUT2D eigenvalue weighted by Gasteiger charge is 2.59. The number of halogens is 7. The molecule has 19 heavy (non-hydrogen) atoms. The molecule has 0 saturated carbocycles. The third-order valence-corrected chi connectivity index (χ3v) is 2.74. The van der Waals surface area contributed by atoms with Crippen LogP contribution >= 0.6 is 0 Å². The molecule has 0 saturated heterocycles. The molecular weight excluding hydrogens is 277 g/mol. The van der Waals surface area contributed by atoms with Crippen LogP contribution in [0.1, 0.15) is 29.2 Å². The summed E-state index contributed by atoms with van der Waals surface area (Å²) in [6.07, 6.45) is -5.76. The summed E-state index contributed by atoms with van der Waals surface area (Å²) in [4.78, 5) is 0. The molecule has 0 unspecified atom stereocenters. The second-order valence-corrected chi connectivity index (χ2v) is 4.44. The Balaban J connectivity index is 3.47. The van der Waals surface area contributed by atoms with Gasteiger partial charge in [0, 0.05) is 18.1 Å². The molecule has 0 bridgehead atoms. The molecular formula is C12H11F7. The zero-order valence-electron chi connectivity index (χ0n) is 10.3. The minimum Gasteiger partial charge on any atom is -0.202 e. The Morgan fingerprint density at radius 3 is 1.47 bits per heavy atom. The molecule has 0 aliphatic heterocycles. The summed E-state index contributed by atoms with van der Waals surface area (Å²) < 4.78 is 89.5. The van der Waals surface area contributed by atoms with E-state index in [0.29, 0.717) is 19.1 Å². The number of benzene rings is 1. The zero-order valence-corrected chi connectivity index (χ0v) is 10.3. The van der Waals surface area contributed by atoms with Crippen molar-refractivity contribution < 1.29 is 30.7 Å². The number of rotatable bonds is 2. The summed E-state index contributed by atoms with van der Waals surface area (Å²) in [7, 11) is 0. The molecule has 1 aromatic carbocycles. The molecule has 0 nitrogen and oxygen atoms in total. The summed E-state index contributed by atoms with van der Waals surface area (Å²) in [6, 6.07) is 1.14. The lowest BCUT2D eigenvalue weighted by Crippen LogP contribution is -2.34. The standard InChI is InChI=1S/C12H11F7/c1-6-5-9(11(15,16)12(17,18)19)7(2)4-8(6)10(3,13)14/h4-5H,1-3H3.